The number of carbonyl (C=O) groups is 4. The first-order chi connectivity index (χ1) is 45.1. The van der Waals surface area contributed by atoms with Crippen LogP contribution in [0.5, 0.6) is 0 Å². The van der Waals surface area contributed by atoms with E-state index in [2.05, 4.69) is 58.9 Å². The van der Waals surface area contributed by atoms with Crippen LogP contribution in [-0.2, 0) is 65.4 Å². The summed E-state index contributed by atoms with van der Waals surface area (Å²) in [6.07, 6.45) is 57.8. The van der Waals surface area contributed by atoms with E-state index in [0.717, 1.165) is 128 Å². The molecule has 17 nitrogen and oxygen atoms in total. The molecule has 0 saturated carbocycles. The minimum Gasteiger partial charge on any atom is -0.462 e. The third-order valence-corrected chi connectivity index (χ3v) is 18.9. The Morgan fingerprint density at radius 1 is 0.344 bits per heavy atom. The van der Waals surface area contributed by atoms with Gasteiger partial charge >= 0.3 is 39.5 Å². The third kappa shape index (κ3) is 66.6. The molecule has 19 heteroatoms. The molecule has 0 radical (unpaired) electrons. The van der Waals surface area contributed by atoms with Crippen molar-refractivity contribution in [3.05, 3.63) is 24.3 Å². The highest BCUT2D eigenvalue weighted by Crippen LogP contribution is 2.45. The summed E-state index contributed by atoms with van der Waals surface area (Å²) in [6.45, 7) is 7.16. The zero-order valence-corrected chi connectivity index (χ0v) is 61.7. The molecule has 0 aromatic carbocycles. The quantitative estimate of drug-likeness (QED) is 0.0169. The first-order valence-corrected chi connectivity index (χ1v) is 41.0. The van der Waals surface area contributed by atoms with Crippen molar-refractivity contribution >= 4 is 39.5 Å². The number of carbonyl (C=O) groups excluding carboxylic acids is 4. The fourth-order valence-corrected chi connectivity index (χ4v) is 12.4. The number of hydrogen-bond acceptors (Lipinski definition) is 15. The molecule has 0 amide bonds. The van der Waals surface area contributed by atoms with Gasteiger partial charge in [0.1, 0.15) is 19.3 Å². The van der Waals surface area contributed by atoms with Crippen LogP contribution >= 0.6 is 15.6 Å². The van der Waals surface area contributed by atoms with E-state index in [0.29, 0.717) is 25.7 Å². The molecule has 0 aromatic rings. The number of hydrogen-bond donors (Lipinski definition) is 3. The Balaban J connectivity index is 5.23. The van der Waals surface area contributed by atoms with Crippen molar-refractivity contribution in [2.45, 2.75) is 380 Å². The molecule has 0 spiro atoms. The first-order valence-electron chi connectivity index (χ1n) is 38.0. The molecule has 0 saturated heterocycles. The fraction of sp³-hybridized carbons (Fsp3) is 0.892. The zero-order valence-electron chi connectivity index (χ0n) is 59.9. The zero-order chi connectivity index (χ0) is 68.4. The van der Waals surface area contributed by atoms with Crippen LogP contribution in [0.2, 0.25) is 0 Å². The van der Waals surface area contributed by atoms with Gasteiger partial charge < -0.3 is 33.8 Å². The highest BCUT2D eigenvalue weighted by atomic mass is 31.2. The van der Waals surface area contributed by atoms with Crippen molar-refractivity contribution in [1.29, 1.82) is 0 Å². The van der Waals surface area contributed by atoms with Crippen LogP contribution in [0.15, 0.2) is 24.3 Å². The lowest BCUT2D eigenvalue weighted by atomic mass is 9.99. The molecule has 548 valence electrons. The lowest BCUT2D eigenvalue weighted by Gasteiger charge is -2.21. The molecule has 0 aliphatic carbocycles. The lowest BCUT2D eigenvalue weighted by molar-refractivity contribution is -0.161. The number of aliphatic hydroxyl groups is 1. The van der Waals surface area contributed by atoms with E-state index in [9.17, 15) is 43.2 Å². The van der Waals surface area contributed by atoms with Gasteiger partial charge in [-0.3, -0.25) is 37.3 Å². The van der Waals surface area contributed by atoms with Gasteiger partial charge in [-0.25, -0.2) is 9.13 Å². The number of esters is 4. The van der Waals surface area contributed by atoms with Crippen LogP contribution in [0, 0.1) is 5.92 Å². The summed E-state index contributed by atoms with van der Waals surface area (Å²) in [6, 6.07) is 0. The summed E-state index contributed by atoms with van der Waals surface area (Å²) in [5, 5.41) is 10.6. The maximum absolute atomic E-state index is 13.1. The van der Waals surface area contributed by atoms with Gasteiger partial charge in [0.15, 0.2) is 12.2 Å². The van der Waals surface area contributed by atoms with E-state index in [1.54, 1.807) is 0 Å². The molecular weight excluding hydrogens is 1220 g/mol. The summed E-state index contributed by atoms with van der Waals surface area (Å²) < 4.78 is 68.3. The molecule has 0 bridgehead atoms. The second-order valence-corrected chi connectivity index (χ2v) is 29.1. The van der Waals surface area contributed by atoms with E-state index < -0.39 is 97.5 Å². The summed E-state index contributed by atoms with van der Waals surface area (Å²) >= 11 is 0. The van der Waals surface area contributed by atoms with E-state index in [1.165, 1.54) is 154 Å². The number of phosphoric acid groups is 2. The number of aliphatic hydroxyl groups excluding tert-OH is 1. The summed E-state index contributed by atoms with van der Waals surface area (Å²) in [5.41, 5.74) is 0. The van der Waals surface area contributed by atoms with Crippen LogP contribution in [0.1, 0.15) is 362 Å². The maximum atomic E-state index is 13.1. The second-order valence-electron chi connectivity index (χ2n) is 26.2. The number of rotatable bonds is 72. The van der Waals surface area contributed by atoms with E-state index >= 15 is 0 Å². The van der Waals surface area contributed by atoms with Crippen LogP contribution in [-0.4, -0.2) is 96.7 Å². The monoisotopic (exact) mass is 1360 g/mol. The third-order valence-electron chi connectivity index (χ3n) is 17.0. The molecule has 0 aliphatic heterocycles. The Morgan fingerprint density at radius 3 is 0.914 bits per heavy atom. The van der Waals surface area contributed by atoms with E-state index in [-0.39, 0.29) is 25.7 Å². The number of unbranched alkanes of at least 4 members (excludes halogenated alkanes) is 40. The van der Waals surface area contributed by atoms with Gasteiger partial charge in [-0.1, -0.05) is 309 Å². The average molecular weight is 1360 g/mol. The normalized spacial score (nSPS) is 14.5. The highest BCUT2D eigenvalue weighted by Gasteiger charge is 2.30. The van der Waals surface area contributed by atoms with E-state index in [1.807, 2.05) is 0 Å². The lowest BCUT2D eigenvalue weighted by Crippen LogP contribution is -2.30. The molecule has 3 N–H and O–H groups in total. The Kier molecular flexibility index (Phi) is 65.0. The van der Waals surface area contributed by atoms with Gasteiger partial charge in [0.25, 0.3) is 0 Å². The molecule has 0 heterocycles. The number of phosphoric ester groups is 2. The minimum atomic E-state index is -4.96. The van der Waals surface area contributed by atoms with E-state index in [4.69, 9.17) is 37.0 Å². The van der Waals surface area contributed by atoms with Crippen LogP contribution in [0.25, 0.3) is 0 Å². The van der Waals surface area contributed by atoms with Crippen molar-refractivity contribution in [2.24, 2.45) is 5.92 Å². The Hall–Kier alpha value is -2.46. The molecule has 0 rings (SSSR count). The summed E-state index contributed by atoms with van der Waals surface area (Å²) in [7, 11) is -9.91. The maximum Gasteiger partial charge on any atom is 0.472 e. The van der Waals surface area contributed by atoms with Gasteiger partial charge in [-0.15, -0.1) is 0 Å². The van der Waals surface area contributed by atoms with Crippen molar-refractivity contribution < 1.29 is 80.2 Å². The van der Waals surface area contributed by atoms with Gasteiger partial charge in [-0.05, 0) is 57.3 Å². The average Bonchev–Trinajstić information content (AvgIpc) is 3.23. The van der Waals surface area contributed by atoms with Crippen LogP contribution in [0.3, 0.4) is 0 Å². The van der Waals surface area contributed by atoms with Gasteiger partial charge in [-0.2, -0.15) is 0 Å². The summed E-state index contributed by atoms with van der Waals surface area (Å²) in [5.74, 6) is -1.39. The molecule has 0 aliphatic rings. The fourth-order valence-electron chi connectivity index (χ4n) is 10.8. The molecule has 3 unspecified atom stereocenters. The van der Waals surface area contributed by atoms with Gasteiger partial charge in [0.2, 0.25) is 0 Å². The molecular formula is C74H140O17P2. The van der Waals surface area contributed by atoms with Crippen molar-refractivity contribution in [2.75, 3.05) is 39.6 Å². The number of ether oxygens (including phenoxy) is 4. The smallest absolute Gasteiger partial charge is 0.462 e. The Labute approximate surface area is 567 Å². The predicted octanol–water partition coefficient (Wildman–Crippen LogP) is 21.2. The largest absolute Gasteiger partial charge is 0.472 e. The Bertz CT molecular complexity index is 1880. The number of allylic oxidation sites excluding steroid dienone is 4. The van der Waals surface area contributed by atoms with Crippen molar-refractivity contribution in [3.8, 4) is 0 Å². The first kappa shape index (κ1) is 90.5. The topological polar surface area (TPSA) is 237 Å². The van der Waals surface area contributed by atoms with Crippen LogP contribution in [0.4, 0.5) is 0 Å². The second kappa shape index (κ2) is 66.8. The highest BCUT2D eigenvalue weighted by molar-refractivity contribution is 7.47. The van der Waals surface area contributed by atoms with Gasteiger partial charge in [0, 0.05) is 25.7 Å². The molecule has 0 aromatic heterocycles. The SMILES string of the molecule is CCCCCC/C=C\C=C/CCCCCCCC(=O)OC[C@H](COP(=O)(O)OC[C@@H](O)COP(=O)(O)OC[C@@H](COC(=O)CCCCCCCCC)OC(=O)CCCCCCCCCCC(C)CC)OC(=O)CCCCCCCCCCCCCCCCCCCCC. The molecule has 6 atom stereocenters. The van der Waals surface area contributed by atoms with Crippen molar-refractivity contribution in [1.82, 2.24) is 0 Å². The minimum absolute atomic E-state index is 0.102. The standard InChI is InChI=1S/C74H140O17P2/c1-6-10-13-16-19-21-23-25-27-28-29-30-32-34-36-38-44-49-54-59-73(78)90-70(64-85-72(77)58-53-48-43-37-35-33-31-26-24-22-20-17-14-11-7-2)66-89-93(82,83)87-62-68(75)61-86-92(80,81)88-65-69(63-84-71(76)57-52-47-41-18-15-12-8-3)91-74(79)60-55-50-45-40-39-42-46-51-56-67(5)9-4/h22,24,26,31,67-70,75H,6-21,23,25,27-30,32-66H2,1-5H3,(H,80,81)(H,82,83)/b24-22-,31-26-/t67?,68-,69+,70+/m0/s1. The summed E-state index contributed by atoms with van der Waals surface area (Å²) in [4.78, 5) is 72.5. The molecule has 93 heavy (non-hydrogen) atoms. The van der Waals surface area contributed by atoms with Crippen LogP contribution < -0.4 is 0 Å². The predicted molar refractivity (Wildman–Crippen MR) is 377 cm³/mol. The van der Waals surface area contributed by atoms with Crippen molar-refractivity contribution in [3.63, 3.8) is 0 Å². The van der Waals surface area contributed by atoms with Gasteiger partial charge in [0.05, 0.1) is 26.4 Å². The Morgan fingerprint density at radius 2 is 0.602 bits per heavy atom. The molecule has 0 fully saturated rings.